The molecule has 0 saturated carbocycles. The number of halogens is 1. The third-order valence-corrected chi connectivity index (χ3v) is 5.69. The van der Waals surface area contributed by atoms with E-state index in [4.69, 9.17) is 9.47 Å². The monoisotopic (exact) mass is 475 g/mol. The molecule has 1 fully saturated rings. The normalized spacial score (nSPS) is 17.2. The van der Waals surface area contributed by atoms with Gasteiger partial charge in [0.15, 0.2) is 0 Å². The number of Topliss-reactive ketones (excluding diaryl/α,β-unsaturated/α-hetero) is 1. The van der Waals surface area contributed by atoms with Crippen molar-refractivity contribution in [3.05, 3.63) is 95.3 Å². The summed E-state index contributed by atoms with van der Waals surface area (Å²) in [5, 5.41) is 11.2. The SMILES string of the molecule is COc1ccc(N2C(=O)C(=O)/C(=C(/O)c3ccc(OCC(C)C)cc3)C2c2ccc(F)cc2)cc1. The number of ketones is 1. The summed E-state index contributed by atoms with van der Waals surface area (Å²) < 4.78 is 24.5. The molecule has 1 aliphatic rings. The Kier molecular flexibility index (Phi) is 6.87. The van der Waals surface area contributed by atoms with Gasteiger partial charge in [-0.3, -0.25) is 14.5 Å². The van der Waals surface area contributed by atoms with Crippen LogP contribution in [0.1, 0.15) is 31.0 Å². The van der Waals surface area contributed by atoms with E-state index in [0.29, 0.717) is 40.8 Å². The van der Waals surface area contributed by atoms with Crippen LogP contribution in [-0.4, -0.2) is 30.5 Å². The molecule has 0 aromatic heterocycles. The van der Waals surface area contributed by atoms with Gasteiger partial charge < -0.3 is 14.6 Å². The molecular weight excluding hydrogens is 449 g/mol. The number of hydrogen-bond donors (Lipinski definition) is 1. The number of amides is 1. The standard InChI is InChI=1S/C28H26FNO5/c1-17(2)16-35-23-12-6-19(7-13-23)26(31)24-25(18-4-8-20(29)9-5-18)30(28(33)27(24)32)21-10-14-22(34-3)15-11-21/h4-15,17,25,31H,16H2,1-3H3/b26-24+. The summed E-state index contributed by atoms with van der Waals surface area (Å²) in [5.74, 6) is -0.813. The van der Waals surface area contributed by atoms with E-state index in [1.165, 1.54) is 36.3 Å². The summed E-state index contributed by atoms with van der Waals surface area (Å²) in [4.78, 5) is 27.7. The first kappa shape index (κ1) is 24.0. The lowest BCUT2D eigenvalue weighted by Gasteiger charge is -2.25. The van der Waals surface area contributed by atoms with Gasteiger partial charge in [-0.1, -0.05) is 26.0 Å². The van der Waals surface area contributed by atoms with Gasteiger partial charge in [-0.05, 0) is 72.1 Å². The Morgan fingerprint density at radius 2 is 1.54 bits per heavy atom. The molecule has 3 aromatic rings. The number of nitrogens with zero attached hydrogens (tertiary/aromatic N) is 1. The van der Waals surface area contributed by atoms with Crippen LogP contribution in [0.2, 0.25) is 0 Å². The highest BCUT2D eigenvalue weighted by molar-refractivity contribution is 6.51. The molecule has 1 amide bonds. The molecule has 1 unspecified atom stereocenters. The molecule has 1 heterocycles. The second-order valence-electron chi connectivity index (χ2n) is 8.65. The Bertz CT molecular complexity index is 1250. The second kappa shape index (κ2) is 10.0. The Morgan fingerprint density at radius 3 is 2.11 bits per heavy atom. The van der Waals surface area contributed by atoms with Crippen LogP contribution in [0.4, 0.5) is 10.1 Å². The fourth-order valence-corrected chi connectivity index (χ4v) is 3.93. The number of carbonyl (C=O) groups excluding carboxylic acids is 2. The third-order valence-electron chi connectivity index (χ3n) is 5.69. The first-order valence-corrected chi connectivity index (χ1v) is 11.2. The van der Waals surface area contributed by atoms with Gasteiger partial charge in [0, 0.05) is 11.3 Å². The van der Waals surface area contributed by atoms with E-state index in [2.05, 4.69) is 0 Å². The highest BCUT2D eigenvalue weighted by Gasteiger charge is 2.47. The van der Waals surface area contributed by atoms with Crippen LogP contribution in [0.15, 0.2) is 78.4 Å². The Morgan fingerprint density at radius 1 is 0.943 bits per heavy atom. The largest absolute Gasteiger partial charge is 0.507 e. The van der Waals surface area contributed by atoms with Gasteiger partial charge in [0.2, 0.25) is 0 Å². The minimum atomic E-state index is -0.944. The van der Waals surface area contributed by atoms with Gasteiger partial charge in [-0.25, -0.2) is 4.39 Å². The molecule has 0 spiro atoms. The van der Waals surface area contributed by atoms with Crippen LogP contribution in [0, 0.1) is 11.7 Å². The number of aliphatic hydroxyl groups excluding tert-OH is 1. The maximum atomic E-state index is 13.7. The van der Waals surface area contributed by atoms with Crippen molar-refractivity contribution in [2.24, 2.45) is 5.92 Å². The zero-order valence-corrected chi connectivity index (χ0v) is 19.7. The smallest absolute Gasteiger partial charge is 0.300 e. The third kappa shape index (κ3) is 4.89. The number of aliphatic hydroxyl groups is 1. The number of methoxy groups -OCH3 is 1. The zero-order chi connectivity index (χ0) is 25.1. The summed E-state index contributed by atoms with van der Waals surface area (Å²) in [6.07, 6.45) is 0. The molecule has 1 saturated heterocycles. The minimum Gasteiger partial charge on any atom is -0.507 e. The van der Waals surface area contributed by atoms with Crippen molar-refractivity contribution in [1.82, 2.24) is 0 Å². The molecule has 0 radical (unpaired) electrons. The van der Waals surface area contributed by atoms with Crippen molar-refractivity contribution in [1.29, 1.82) is 0 Å². The Balaban J connectivity index is 1.80. The Labute approximate surface area is 203 Å². The van der Waals surface area contributed by atoms with Crippen molar-refractivity contribution in [3.63, 3.8) is 0 Å². The van der Waals surface area contributed by atoms with Gasteiger partial charge in [0.05, 0.1) is 25.3 Å². The number of carbonyl (C=O) groups is 2. The lowest BCUT2D eigenvalue weighted by Crippen LogP contribution is -2.29. The molecule has 6 nitrogen and oxygen atoms in total. The van der Waals surface area contributed by atoms with Gasteiger partial charge in [-0.2, -0.15) is 0 Å². The minimum absolute atomic E-state index is 0.0757. The van der Waals surface area contributed by atoms with Crippen molar-refractivity contribution in [3.8, 4) is 11.5 Å². The van der Waals surface area contributed by atoms with Crippen molar-refractivity contribution < 1.29 is 28.6 Å². The van der Waals surface area contributed by atoms with E-state index >= 15 is 0 Å². The fourth-order valence-electron chi connectivity index (χ4n) is 3.93. The molecule has 0 bridgehead atoms. The quantitative estimate of drug-likeness (QED) is 0.278. The summed E-state index contributed by atoms with van der Waals surface area (Å²) in [7, 11) is 1.53. The van der Waals surface area contributed by atoms with E-state index in [1.54, 1.807) is 48.5 Å². The highest BCUT2D eigenvalue weighted by atomic mass is 19.1. The number of ether oxygens (including phenoxy) is 2. The maximum absolute atomic E-state index is 13.7. The molecule has 0 aliphatic carbocycles. The van der Waals surface area contributed by atoms with Crippen LogP contribution < -0.4 is 14.4 Å². The second-order valence-corrected chi connectivity index (χ2v) is 8.65. The summed E-state index contributed by atoms with van der Waals surface area (Å²) in [6, 6.07) is 17.9. The van der Waals surface area contributed by atoms with Crippen LogP contribution in [0.5, 0.6) is 11.5 Å². The topological polar surface area (TPSA) is 76.1 Å². The van der Waals surface area contributed by atoms with E-state index < -0.39 is 23.5 Å². The summed E-state index contributed by atoms with van der Waals surface area (Å²) in [5.41, 5.74) is 1.22. The lowest BCUT2D eigenvalue weighted by molar-refractivity contribution is -0.132. The van der Waals surface area contributed by atoms with Gasteiger partial charge in [-0.15, -0.1) is 0 Å². The molecule has 1 aliphatic heterocycles. The first-order chi connectivity index (χ1) is 16.8. The van der Waals surface area contributed by atoms with Gasteiger partial charge in [0.25, 0.3) is 11.7 Å². The zero-order valence-electron chi connectivity index (χ0n) is 19.7. The van der Waals surface area contributed by atoms with E-state index in [9.17, 15) is 19.1 Å². The van der Waals surface area contributed by atoms with Gasteiger partial charge in [0.1, 0.15) is 23.1 Å². The number of hydrogen-bond acceptors (Lipinski definition) is 5. The van der Waals surface area contributed by atoms with E-state index in [1.807, 2.05) is 13.8 Å². The van der Waals surface area contributed by atoms with Crippen LogP contribution in [0.25, 0.3) is 5.76 Å². The maximum Gasteiger partial charge on any atom is 0.300 e. The Hall–Kier alpha value is -4.13. The lowest BCUT2D eigenvalue weighted by atomic mass is 9.95. The van der Waals surface area contributed by atoms with E-state index in [-0.39, 0.29) is 11.3 Å². The highest BCUT2D eigenvalue weighted by Crippen LogP contribution is 2.42. The number of benzene rings is 3. The summed E-state index contributed by atoms with van der Waals surface area (Å²) in [6.45, 7) is 4.62. The number of rotatable bonds is 7. The molecule has 1 N–H and O–H groups in total. The average molecular weight is 476 g/mol. The molecule has 3 aromatic carbocycles. The number of anilines is 1. The molecule has 35 heavy (non-hydrogen) atoms. The molecular formula is C28H26FNO5. The molecule has 1 atom stereocenters. The molecule has 7 heteroatoms. The van der Waals surface area contributed by atoms with Crippen molar-refractivity contribution in [2.45, 2.75) is 19.9 Å². The van der Waals surface area contributed by atoms with Crippen LogP contribution >= 0.6 is 0 Å². The van der Waals surface area contributed by atoms with Gasteiger partial charge >= 0.3 is 0 Å². The predicted octanol–water partition coefficient (Wildman–Crippen LogP) is 5.50. The molecule has 4 rings (SSSR count). The molecule has 180 valence electrons. The van der Waals surface area contributed by atoms with Crippen LogP contribution in [0.3, 0.4) is 0 Å². The van der Waals surface area contributed by atoms with Crippen molar-refractivity contribution in [2.75, 3.05) is 18.6 Å². The van der Waals surface area contributed by atoms with Crippen LogP contribution in [-0.2, 0) is 9.59 Å². The predicted molar refractivity (Wildman–Crippen MR) is 131 cm³/mol. The first-order valence-electron chi connectivity index (χ1n) is 11.2. The fraction of sp³-hybridized carbons (Fsp3) is 0.214. The van der Waals surface area contributed by atoms with Crippen molar-refractivity contribution >= 4 is 23.1 Å². The average Bonchev–Trinajstić information content (AvgIpc) is 3.13. The van der Waals surface area contributed by atoms with E-state index in [0.717, 1.165) is 0 Å². The summed E-state index contributed by atoms with van der Waals surface area (Å²) >= 11 is 0.